The second kappa shape index (κ2) is 4.71. The van der Waals surface area contributed by atoms with E-state index >= 15 is 0 Å². The van der Waals surface area contributed by atoms with Crippen molar-refractivity contribution in [2.75, 3.05) is 7.11 Å². The van der Waals surface area contributed by atoms with E-state index in [0.29, 0.717) is 24.7 Å². The van der Waals surface area contributed by atoms with Crippen molar-refractivity contribution in [3.8, 4) is 5.88 Å². The molecule has 3 N–H and O–H groups in total. The first-order valence-electron chi connectivity index (χ1n) is 4.91. The second-order valence-corrected chi connectivity index (χ2v) is 3.29. The molecule has 6 heteroatoms. The van der Waals surface area contributed by atoms with Crippen LogP contribution >= 0.6 is 0 Å². The van der Waals surface area contributed by atoms with Crippen LogP contribution in [-0.4, -0.2) is 27.3 Å². The molecule has 0 aliphatic heterocycles. The summed E-state index contributed by atoms with van der Waals surface area (Å²) in [4.78, 5) is 8.33. The lowest BCUT2D eigenvalue weighted by Crippen LogP contribution is -1.98. The largest absolute Gasteiger partial charge is 0.481 e. The standard InChI is InChI=1S/C10H13N5O/c1-16-10-3-2-7(6-12-10)4-8-13-9(5-11)15-14-8/h2-3,6H,4-5,11H2,1H3,(H,13,14,15). The number of hydrogen-bond donors (Lipinski definition) is 2. The number of pyridine rings is 1. The van der Waals surface area contributed by atoms with Crippen molar-refractivity contribution < 1.29 is 4.74 Å². The third kappa shape index (κ3) is 2.34. The number of aromatic nitrogens is 4. The SMILES string of the molecule is COc1ccc(Cc2nc(CN)n[nH]2)cn1. The number of rotatable bonds is 4. The maximum absolute atomic E-state index is 5.42. The maximum atomic E-state index is 5.42. The molecular formula is C10H13N5O. The Morgan fingerprint density at radius 1 is 1.44 bits per heavy atom. The molecule has 2 heterocycles. The summed E-state index contributed by atoms with van der Waals surface area (Å²) in [6, 6.07) is 3.76. The predicted molar refractivity (Wildman–Crippen MR) is 57.9 cm³/mol. The van der Waals surface area contributed by atoms with Gasteiger partial charge in [-0.25, -0.2) is 9.97 Å². The van der Waals surface area contributed by atoms with Crippen LogP contribution in [-0.2, 0) is 13.0 Å². The van der Waals surface area contributed by atoms with E-state index in [4.69, 9.17) is 10.5 Å². The van der Waals surface area contributed by atoms with E-state index in [1.807, 2.05) is 12.1 Å². The van der Waals surface area contributed by atoms with Crippen LogP contribution in [0.25, 0.3) is 0 Å². The molecule has 16 heavy (non-hydrogen) atoms. The van der Waals surface area contributed by atoms with Crippen LogP contribution in [0.2, 0.25) is 0 Å². The molecule has 0 aliphatic rings. The van der Waals surface area contributed by atoms with E-state index in [2.05, 4.69) is 20.2 Å². The van der Waals surface area contributed by atoms with Gasteiger partial charge in [-0.2, -0.15) is 5.10 Å². The molecule has 0 bridgehead atoms. The first-order valence-corrected chi connectivity index (χ1v) is 4.91. The molecule has 2 aromatic heterocycles. The topological polar surface area (TPSA) is 89.7 Å². The zero-order chi connectivity index (χ0) is 11.4. The van der Waals surface area contributed by atoms with Crippen LogP contribution < -0.4 is 10.5 Å². The summed E-state index contributed by atoms with van der Waals surface area (Å²) in [6.07, 6.45) is 2.41. The average molecular weight is 219 g/mol. The smallest absolute Gasteiger partial charge is 0.212 e. The molecule has 0 spiro atoms. The Morgan fingerprint density at radius 2 is 2.31 bits per heavy atom. The Balaban J connectivity index is 2.08. The van der Waals surface area contributed by atoms with E-state index in [0.717, 1.165) is 11.4 Å². The molecule has 0 aliphatic carbocycles. The Bertz CT molecular complexity index is 450. The fraction of sp³-hybridized carbons (Fsp3) is 0.300. The average Bonchev–Trinajstić information content (AvgIpc) is 2.78. The molecule has 84 valence electrons. The molecule has 0 atom stereocenters. The van der Waals surface area contributed by atoms with E-state index in [-0.39, 0.29) is 0 Å². The summed E-state index contributed by atoms with van der Waals surface area (Å²) in [5, 5.41) is 6.79. The summed E-state index contributed by atoms with van der Waals surface area (Å²) in [7, 11) is 1.59. The molecule has 0 radical (unpaired) electrons. The molecule has 0 unspecified atom stereocenters. The predicted octanol–water partition coefficient (Wildman–Crippen LogP) is 0.258. The van der Waals surface area contributed by atoms with Crippen molar-refractivity contribution in [3.63, 3.8) is 0 Å². The van der Waals surface area contributed by atoms with Crippen LogP contribution in [0, 0.1) is 0 Å². The Labute approximate surface area is 92.9 Å². The summed E-state index contributed by atoms with van der Waals surface area (Å²) in [5.41, 5.74) is 6.46. The fourth-order valence-electron chi connectivity index (χ4n) is 1.33. The Morgan fingerprint density at radius 3 is 2.88 bits per heavy atom. The Kier molecular flexibility index (Phi) is 3.11. The van der Waals surface area contributed by atoms with Crippen LogP contribution in [0.5, 0.6) is 5.88 Å². The number of nitrogens with zero attached hydrogens (tertiary/aromatic N) is 3. The minimum atomic E-state index is 0.345. The van der Waals surface area contributed by atoms with Crippen molar-refractivity contribution >= 4 is 0 Å². The molecule has 2 aromatic rings. The third-order valence-corrected chi connectivity index (χ3v) is 2.14. The van der Waals surface area contributed by atoms with Gasteiger partial charge in [0.1, 0.15) is 5.82 Å². The van der Waals surface area contributed by atoms with Gasteiger partial charge >= 0.3 is 0 Å². The van der Waals surface area contributed by atoms with Gasteiger partial charge < -0.3 is 10.5 Å². The van der Waals surface area contributed by atoms with Gasteiger partial charge in [0.25, 0.3) is 0 Å². The monoisotopic (exact) mass is 219 g/mol. The molecule has 0 amide bonds. The van der Waals surface area contributed by atoms with E-state index in [9.17, 15) is 0 Å². The molecule has 0 fully saturated rings. The van der Waals surface area contributed by atoms with E-state index in [1.165, 1.54) is 0 Å². The number of nitrogens with two attached hydrogens (primary N) is 1. The molecular weight excluding hydrogens is 206 g/mol. The highest BCUT2D eigenvalue weighted by Crippen LogP contribution is 2.09. The lowest BCUT2D eigenvalue weighted by atomic mass is 10.2. The lowest BCUT2D eigenvalue weighted by Gasteiger charge is -2.00. The van der Waals surface area contributed by atoms with Crippen molar-refractivity contribution in [3.05, 3.63) is 35.5 Å². The minimum Gasteiger partial charge on any atom is -0.481 e. The normalized spacial score (nSPS) is 10.4. The molecule has 0 saturated heterocycles. The highest BCUT2D eigenvalue weighted by molar-refractivity contribution is 5.20. The van der Waals surface area contributed by atoms with E-state index in [1.54, 1.807) is 13.3 Å². The molecule has 0 aromatic carbocycles. The highest BCUT2D eigenvalue weighted by Gasteiger charge is 2.03. The summed E-state index contributed by atoms with van der Waals surface area (Å²) < 4.78 is 4.98. The summed E-state index contributed by atoms with van der Waals surface area (Å²) in [5.74, 6) is 2.01. The van der Waals surface area contributed by atoms with Crippen LogP contribution in [0.3, 0.4) is 0 Å². The fourth-order valence-corrected chi connectivity index (χ4v) is 1.33. The maximum Gasteiger partial charge on any atom is 0.212 e. The zero-order valence-corrected chi connectivity index (χ0v) is 8.97. The van der Waals surface area contributed by atoms with Gasteiger partial charge in [0.05, 0.1) is 13.7 Å². The van der Waals surface area contributed by atoms with E-state index < -0.39 is 0 Å². The van der Waals surface area contributed by atoms with Crippen molar-refractivity contribution in [2.45, 2.75) is 13.0 Å². The van der Waals surface area contributed by atoms with Gasteiger partial charge in [-0.3, -0.25) is 5.10 Å². The summed E-state index contributed by atoms with van der Waals surface area (Å²) in [6.45, 7) is 0.345. The van der Waals surface area contributed by atoms with Gasteiger partial charge in [0, 0.05) is 18.7 Å². The van der Waals surface area contributed by atoms with Gasteiger partial charge in [-0.15, -0.1) is 0 Å². The minimum absolute atomic E-state index is 0.345. The van der Waals surface area contributed by atoms with Crippen LogP contribution in [0.15, 0.2) is 18.3 Å². The van der Waals surface area contributed by atoms with Gasteiger partial charge in [-0.05, 0) is 5.56 Å². The van der Waals surface area contributed by atoms with Crippen molar-refractivity contribution in [1.29, 1.82) is 0 Å². The van der Waals surface area contributed by atoms with Gasteiger partial charge in [0.15, 0.2) is 5.82 Å². The van der Waals surface area contributed by atoms with Gasteiger partial charge in [0.2, 0.25) is 5.88 Å². The Hall–Kier alpha value is -1.95. The number of methoxy groups -OCH3 is 1. The number of H-pyrrole nitrogens is 1. The quantitative estimate of drug-likeness (QED) is 0.769. The second-order valence-electron chi connectivity index (χ2n) is 3.29. The number of hydrogen-bond acceptors (Lipinski definition) is 5. The van der Waals surface area contributed by atoms with Crippen LogP contribution in [0.4, 0.5) is 0 Å². The summed E-state index contributed by atoms with van der Waals surface area (Å²) >= 11 is 0. The molecule has 2 rings (SSSR count). The van der Waals surface area contributed by atoms with Gasteiger partial charge in [-0.1, -0.05) is 6.07 Å². The number of aromatic amines is 1. The first kappa shape index (κ1) is 10.6. The third-order valence-electron chi connectivity index (χ3n) is 2.14. The first-order chi connectivity index (χ1) is 7.81. The van der Waals surface area contributed by atoms with Crippen molar-refractivity contribution in [1.82, 2.24) is 20.2 Å². The number of ether oxygens (including phenoxy) is 1. The molecule has 0 saturated carbocycles. The zero-order valence-electron chi connectivity index (χ0n) is 8.97. The molecule has 6 nitrogen and oxygen atoms in total. The van der Waals surface area contributed by atoms with Crippen LogP contribution in [0.1, 0.15) is 17.2 Å². The van der Waals surface area contributed by atoms with Crippen molar-refractivity contribution in [2.24, 2.45) is 5.73 Å². The lowest BCUT2D eigenvalue weighted by molar-refractivity contribution is 0.397. The number of nitrogens with one attached hydrogen (secondary N) is 1. The highest BCUT2D eigenvalue weighted by atomic mass is 16.5.